The van der Waals surface area contributed by atoms with Crippen LogP contribution in [-0.2, 0) is 20.1 Å². The molecule has 3 N–H and O–H groups in total. The van der Waals surface area contributed by atoms with Gasteiger partial charge in [0.05, 0.1) is 23.8 Å². The summed E-state index contributed by atoms with van der Waals surface area (Å²) >= 11 is 0. The van der Waals surface area contributed by atoms with Crippen LogP contribution in [0.15, 0.2) is 65.6 Å². The maximum atomic E-state index is 13.4. The number of aryl methyl sites for hydroxylation is 1. The smallest absolute Gasteiger partial charge is 0.272 e. The first kappa shape index (κ1) is 19.4. The molecule has 6 rings (SSSR count). The minimum Gasteiger partial charge on any atom is -0.325 e. The van der Waals surface area contributed by atoms with E-state index in [9.17, 15) is 9.59 Å². The second kappa shape index (κ2) is 7.11. The molecule has 33 heavy (non-hydrogen) atoms. The van der Waals surface area contributed by atoms with Crippen LogP contribution in [0.5, 0.6) is 0 Å². The number of aromatic amines is 1. The molecule has 2 aromatic heterocycles. The van der Waals surface area contributed by atoms with Crippen molar-refractivity contribution in [1.82, 2.24) is 20.0 Å². The average Bonchev–Trinajstić information content (AvgIpc) is 3.36. The van der Waals surface area contributed by atoms with Crippen molar-refractivity contribution >= 4 is 33.3 Å². The molecule has 0 fully saturated rings. The van der Waals surface area contributed by atoms with Crippen molar-refractivity contribution < 1.29 is 4.79 Å². The number of amides is 1. The van der Waals surface area contributed by atoms with E-state index in [-0.39, 0.29) is 18.0 Å². The molecular weight excluding hydrogens is 416 g/mol. The van der Waals surface area contributed by atoms with Crippen LogP contribution in [0.4, 0.5) is 5.82 Å². The zero-order valence-corrected chi connectivity index (χ0v) is 17.9. The lowest BCUT2D eigenvalue weighted by molar-refractivity contribution is 0.0995. The number of hydrogen-bond acceptors (Lipinski definition) is 5. The van der Waals surface area contributed by atoms with Crippen molar-refractivity contribution in [2.75, 3.05) is 4.90 Å². The lowest BCUT2D eigenvalue weighted by Gasteiger charge is -2.18. The predicted molar refractivity (Wildman–Crippen MR) is 127 cm³/mol. The van der Waals surface area contributed by atoms with E-state index >= 15 is 0 Å². The van der Waals surface area contributed by atoms with Crippen LogP contribution in [0, 0.1) is 0 Å². The van der Waals surface area contributed by atoms with Crippen molar-refractivity contribution in [3.8, 4) is 11.1 Å². The summed E-state index contributed by atoms with van der Waals surface area (Å²) in [5.41, 5.74) is 9.52. The van der Waals surface area contributed by atoms with Crippen LogP contribution in [0.2, 0.25) is 0 Å². The van der Waals surface area contributed by atoms with Crippen molar-refractivity contribution in [3.63, 3.8) is 0 Å². The summed E-state index contributed by atoms with van der Waals surface area (Å²) in [6, 6.07) is 17.6. The summed E-state index contributed by atoms with van der Waals surface area (Å²) in [4.78, 5) is 27.4. The number of nitrogens with one attached hydrogen (secondary N) is 1. The summed E-state index contributed by atoms with van der Waals surface area (Å²) in [6.07, 6.45) is 1.74. The molecule has 0 aliphatic carbocycles. The molecule has 162 valence electrons. The van der Waals surface area contributed by atoms with E-state index in [0.717, 1.165) is 27.5 Å². The molecule has 1 aliphatic rings. The third kappa shape index (κ3) is 2.88. The molecule has 0 atom stereocenters. The minimum atomic E-state index is -0.266. The number of rotatable bonds is 3. The summed E-state index contributed by atoms with van der Waals surface area (Å²) < 4.78 is 1.71. The highest BCUT2D eigenvalue weighted by atomic mass is 16.2. The zero-order chi connectivity index (χ0) is 22.7. The molecule has 0 saturated carbocycles. The second-order valence-electron chi connectivity index (χ2n) is 8.22. The molecule has 0 spiro atoms. The third-order valence-electron chi connectivity index (χ3n) is 6.31. The lowest BCUT2D eigenvalue weighted by Crippen LogP contribution is -2.26. The van der Waals surface area contributed by atoms with Gasteiger partial charge in [-0.25, -0.2) is 5.10 Å². The summed E-state index contributed by atoms with van der Waals surface area (Å²) in [6.45, 7) is 0.665. The number of nitrogens with two attached hydrogens (primary N) is 1. The SMILES string of the molecule is Cn1ncc(-c2ccc3c(=O)[nH]nc(CN)c3c2)c1N1Cc2cc3ccccc3cc2C1=O. The van der Waals surface area contributed by atoms with E-state index in [0.29, 0.717) is 34.4 Å². The lowest BCUT2D eigenvalue weighted by atomic mass is 10.0. The Labute approximate surface area is 188 Å². The van der Waals surface area contributed by atoms with Crippen LogP contribution in [0.1, 0.15) is 21.6 Å². The van der Waals surface area contributed by atoms with Gasteiger partial charge >= 0.3 is 0 Å². The topological polar surface area (TPSA) is 110 Å². The molecule has 8 heteroatoms. The van der Waals surface area contributed by atoms with Crippen molar-refractivity contribution in [2.24, 2.45) is 12.8 Å². The number of benzene rings is 3. The van der Waals surface area contributed by atoms with Gasteiger partial charge in [0.15, 0.2) is 0 Å². The molecule has 0 bridgehead atoms. The number of carbonyl (C=O) groups is 1. The first-order chi connectivity index (χ1) is 16.0. The highest BCUT2D eigenvalue weighted by Crippen LogP contribution is 2.37. The van der Waals surface area contributed by atoms with Crippen LogP contribution in [0.3, 0.4) is 0 Å². The number of fused-ring (bicyclic) bond motifs is 3. The van der Waals surface area contributed by atoms with Gasteiger partial charge in [-0.1, -0.05) is 30.3 Å². The first-order valence-corrected chi connectivity index (χ1v) is 10.6. The van der Waals surface area contributed by atoms with Crippen molar-refractivity contribution in [2.45, 2.75) is 13.1 Å². The molecule has 3 heterocycles. The van der Waals surface area contributed by atoms with Gasteiger partial charge in [0.1, 0.15) is 5.82 Å². The quantitative estimate of drug-likeness (QED) is 0.452. The molecule has 0 unspecified atom stereocenters. The summed E-state index contributed by atoms with van der Waals surface area (Å²) in [5.74, 6) is 0.647. The largest absolute Gasteiger partial charge is 0.325 e. The van der Waals surface area contributed by atoms with E-state index in [4.69, 9.17) is 5.73 Å². The van der Waals surface area contributed by atoms with Crippen LogP contribution < -0.4 is 16.2 Å². The average molecular weight is 436 g/mol. The van der Waals surface area contributed by atoms with Crippen LogP contribution in [0.25, 0.3) is 32.7 Å². The van der Waals surface area contributed by atoms with Crippen LogP contribution in [-0.4, -0.2) is 25.9 Å². The van der Waals surface area contributed by atoms with Gasteiger partial charge in [0.2, 0.25) is 0 Å². The van der Waals surface area contributed by atoms with Gasteiger partial charge < -0.3 is 5.73 Å². The fourth-order valence-corrected chi connectivity index (χ4v) is 4.67. The molecule has 0 radical (unpaired) electrons. The number of anilines is 1. The Morgan fingerprint density at radius 2 is 1.79 bits per heavy atom. The molecule has 8 nitrogen and oxygen atoms in total. The highest BCUT2D eigenvalue weighted by molar-refractivity contribution is 6.13. The second-order valence-corrected chi connectivity index (χ2v) is 8.22. The molecular formula is C25H20N6O2. The summed E-state index contributed by atoms with van der Waals surface area (Å²) in [7, 11) is 1.82. The molecule has 5 aromatic rings. The van der Waals surface area contributed by atoms with Gasteiger partial charge in [-0.3, -0.25) is 19.2 Å². The Bertz CT molecular complexity index is 1650. The molecule has 3 aromatic carbocycles. The first-order valence-electron chi connectivity index (χ1n) is 10.6. The van der Waals surface area contributed by atoms with Crippen molar-refractivity contribution in [1.29, 1.82) is 0 Å². The standard InChI is InChI=1S/C25H20N6O2/c1-30-24(31-13-17-8-14-4-2-3-5-15(14)9-19(17)25(31)33)21(12-27-30)16-6-7-18-20(10-16)22(11-26)28-29-23(18)32/h2-10,12H,11,13,26H2,1H3,(H,29,32). The van der Waals surface area contributed by atoms with E-state index in [1.165, 1.54) is 0 Å². The van der Waals surface area contributed by atoms with E-state index in [2.05, 4.69) is 27.4 Å². The summed E-state index contributed by atoms with van der Waals surface area (Å²) in [5, 5.41) is 14.4. The number of nitrogens with zero attached hydrogens (tertiary/aromatic N) is 4. The Morgan fingerprint density at radius 3 is 2.58 bits per heavy atom. The maximum Gasteiger partial charge on any atom is 0.272 e. The Kier molecular flexibility index (Phi) is 4.18. The van der Waals surface area contributed by atoms with Gasteiger partial charge in [-0.05, 0) is 46.2 Å². The molecule has 0 saturated heterocycles. The minimum absolute atomic E-state index is 0.0536. The van der Waals surface area contributed by atoms with E-state index in [1.807, 2.05) is 43.4 Å². The highest BCUT2D eigenvalue weighted by Gasteiger charge is 2.32. The van der Waals surface area contributed by atoms with Crippen LogP contribution >= 0.6 is 0 Å². The monoisotopic (exact) mass is 436 g/mol. The normalized spacial score (nSPS) is 13.3. The number of aromatic nitrogens is 4. The van der Waals surface area contributed by atoms with Gasteiger partial charge in [-0.2, -0.15) is 10.2 Å². The maximum absolute atomic E-state index is 13.4. The van der Waals surface area contributed by atoms with E-state index in [1.54, 1.807) is 21.8 Å². The Hall–Kier alpha value is -4.30. The predicted octanol–water partition coefficient (Wildman–Crippen LogP) is 3.10. The van der Waals surface area contributed by atoms with E-state index < -0.39 is 0 Å². The van der Waals surface area contributed by atoms with Gasteiger partial charge in [-0.15, -0.1) is 0 Å². The fourth-order valence-electron chi connectivity index (χ4n) is 4.67. The zero-order valence-electron chi connectivity index (χ0n) is 17.9. The van der Waals surface area contributed by atoms with Gasteiger partial charge in [0.25, 0.3) is 11.5 Å². The fraction of sp³-hybridized carbons (Fsp3) is 0.120. The number of hydrogen-bond donors (Lipinski definition) is 2. The van der Waals surface area contributed by atoms with Crippen molar-refractivity contribution in [3.05, 3.63) is 88.0 Å². The molecule has 1 amide bonds. The molecule has 1 aliphatic heterocycles. The number of carbonyl (C=O) groups excluding carboxylic acids is 1. The Morgan fingerprint density at radius 1 is 1.00 bits per heavy atom. The Balaban J connectivity index is 1.49. The number of H-pyrrole nitrogens is 1. The third-order valence-corrected chi connectivity index (χ3v) is 6.31. The van der Waals surface area contributed by atoms with Gasteiger partial charge in [0, 0.05) is 30.1 Å².